The van der Waals surface area contributed by atoms with E-state index >= 15 is 0 Å². The molecule has 0 bridgehead atoms. The van der Waals surface area contributed by atoms with Crippen LogP contribution in [0.4, 0.5) is 0 Å². The van der Waals surface area contributed by atoms with Crippen LogP contribution in [0.3, 0.4) is 0 Å². The fraction of sp³-hybridized carbons (Fsp3) is 0.348. The molecule has 2 heterocycles. The molecule has 28 heavy (non-hydrogen) atoms. The van der Waals surface area contributed by atoms with Crippen molar-refractivity contribution in [1.82, 2.24) is 4.90 Å². The first-order valence-electron chi connectivity index (χ1n) is 9.66. The van der Waals surface area contributed by atoms with Crippen LogP contribution in [0.1, 0.15) is 34.5 Å². The van der Waals surface area contributed by atoms with E-state index in [1.165, 1.54) is 0 Å². The minimum absolute atomic E-state index is 0.00655. The average molecular weight is 379 g/mol. The van der Waals surface area contributed by atoms with Crippen LogP contribution in [0.25, 0.3) is 11.0 Å². The van der Waals surface area contributed by atoms with E-state index in [1.54, 1.807) is 7.11 Å². The number of benzene rings is 2. The maximum atomic E-state index is 13.3. The van der Waals surface area contributed by atoms with Crippen molar-refractivity contribution >= 4 is 16.9 Å². The van der Waals surface area contributed by atoms with Gasteiger partial charge in [-0.1, -0.05) is 12.1 Å². The maximum absolute atomic E-state index is 13.3. The number of ether oxygens (including phenoxy) is 2. The van der Waals surface area contributed by atoms with Crippen LogP contribution in [0.15, 0.2) is 52.9 Å². The molecule has 0 saturated carbocycles. The highest BCUT2D eigenvalue weighted by atomic mass is 16.5. The molecule has 5 nitrogen and oxygen atoms in total. The normalized spacial score (nSPS) is 16.4. The van der Waals surface area contributed by atoms with Gasteiger partial charge in [0, 0.05) is 30.6 Å². The van der Waals surface area contributed by atoms with Crippen molar-refractivity contribution in [2.45, 2.75) is 32.4 Å². The van der Waals surface area contributed by atoms with E-state index in [-0.39, 0.29) is 12.0 Å². The van der Waals surface area contributed by atoms with Gasteiger partial charge in [-0.3, -0.25) is 4.79 Å². The van der Waals surface area contributed by atoms with Crippen LogP contribution in [0.2, 0.25) is 0 Å². The van der Waals surface area contributed by atoms with Crippen LogP contribution >= 0.6 is 0 Å². The molecule has 0 spiro atoms. The molecular weight excluding hydrogens is 354 g/mol. The third-order valence-electron chi connectivity index (χ3n) is 5.15. The highest BCUT2D eigenvalue weighted by Crippen LogP contribution is 2.23. The molecule has 2 aromatic carbocycles. The molecule has 4 rings (SSSR count). The van der Waals surface area contributed by atoms with Crippen molar-refractivity contribution in [3.63, 3.8) is 0 Å². The molecule has 5 heteroatoms. The van der Waals surface area contributed by atoms with Gasteiger partial charge in [-0.2, -0.15) is 0 Å². The summed E-state index contributed by atoms with van der Waals surface area (Å²) in [6, 6.07) is 15.4. The van der Waals surface area contributed by atoms with Crippen LogP contribution in [0.5, 0.6) is 5.75 Å². The van der Waals surface area contributed by atoms with Crippen molar-refractivity contribution in [3.8, 4) is 5.75 Å². The summed E-state index contributed by atoms with van der Waals surface area (Å²) < 4.78 is 16.7. The molecule has 1 unspecified atom stereocenters. The molecule has 1 aliphatic rings. The zero-order valence-corrected chi connectivity index (χ0v) is 16.3. The number of rotatable bonds is 6. The number of hydrogen-bond acceptors (Lipinski definition) is 4. The van der Waals surface area contributed by atoms with Crippen molar-refractivity contribution < 1.29 is 18.7 Å². The number of methoxy groups -OCH3 is 1. The van der Waals surface area contributed by atoms with Gasteiger partial charge in [0.15, 0.2) is 0 Å². The lowest BCUT2D eigenvalue weighted by molar-refractivity contribution is 0.0507. The number of nitrogens with zero attached hydrogens (tertiary/aromatic N) is 1. The van der Waals surface area contributed by atoms with Crippen LogP contribution in [-0.2, 0) is 11.3 Å². The lowest BCUT2D eigenvalue weighted by atomic mass is 10.1. The van der Waals surface area contributed by atoms with Crippen molar-refractivity contribution in [2.24, 2.45) is 0 Å². The second-order valence-corrected chi connectivity index (χ2v) is 7.28. The maximum Gasteiger partial charge on any atom is 0.254 e. The molecule has 3 aromatic rings. The minimum atomic E-state index is 0.00655. The first kappa shape index (κ1) is 18.6. The van der Waals surface area contributed by atoms with Gasteiger partial charge in [-0.15, -0.1) is 0 Å². The Morgan fingerprint density at radius 2 is 2.00 bits per heavy atom. The van der Waals surface area contributed by atoms with Crippen molar-refractivity contribution in [3.05, 3.63) is 65.4 Å². The predicted molar refractivity (Wildman–Crippen MR) is 108 cm³/mol. The predicted octanol–water partition coefficient (Wildman–Crippen LogP) is 4.57. The molecule has 146 valence electrons. The first-order chi connectivity index (χ1) is 13.6. The Hall–Kier alpha value is -2.79. The van der Waals surface area contributed by atoms with Gasteiger partial charge in [0.05, 0.1) is 13.2 Å². The number of carbonyl (C=O) groups is 1. The van der Waals surface area contributed by atoms with E-state index < -0.39 is 0 Å². The van der Waals surface area contributed by atoms with Gasteiger partial charge >= 0.3 is 0 Å². The molecule has 0 N–H and O–H groups in total. The third kappa shape index (κ3) is 4.04. The number of aryl methyl sites for hydroxylation is 1. The number of fused-ring (bicyclic) bond motifs is 1. The SMILES string of the molecule is COc1ccc(CN(CC2CCCO2)C(=O)c2ccc3oc(C)cc3c2)cc1. The minimum Gasteiger partial charge on any atom is -0.497 e. The topological polar surface area (TPSA) is 51.9 Å². The van der Waals surface area contributed by atoms with Gasteiger partial charge in [0.25, 0.3) is 5.91 Å². The molecule has 1 aliphatic heterocycles. The van der Waals surface area contributed by atoms with Gasteiger partial charge in [0.2, 0.25) is 0 Å². The summed E-state index contributed by atoms with van der Waals surface area (Å²) in [6.45, 7) is 3.81. The van der Waals surface area contributed by atoms with Gasteiger partial charge < -0.3 is 18.8 Å². The molecule has 0 radical (unpaired) electrons. The molecule has 1 fully saturated rings. The monoisotopic (exact) mass is 379 g/mol. The number of hydrogen-bond donors (Lipinski definition) is 0. The summed E-state index contributed by atoms with van der Waals surface area (Å²) >= 11 is 0. The molecule has 0 aliphatic carbocycles. The summed E-state index contributed by atoms with van der Waals surface area (Å²) in [5, 5.41) is 0.949. The van der Waals surface area contributed by atoms with Crippen molar-refractivity contribution in [2.75, 3.05) is 20.3 Å². The standard InChI is InChI=1S/C23H25NO4/c1-16-12-19-13-18(7-10-22(19)28-16)23(25)24(15-21-4-3-11-27-21)14-17-5-8-20(26-2)9-6-17/h5-10,12-13,21H,3-4,11,14-15H2,1-2H3. The van der Waals surface area contributed by atoms with E-state index in [4.69, 9.17) is 13.9 Å². The second kappa shape index (κ2) is 8.07. The summed E-state index contributed by atoms with van der Waals surface area (Å²) in [5.41, 5.74) is 2.53. The van der Waals surface area contributed by atoms with Crippen LogP contribution in [0, 0.1) is 6.92 Å². The van der Waals surface area contributed by atoms with E-state index in [1.807, 2.05) is 60.4 Å². The lowest BCUT2D eigenvalue weighted by Gasteiger charge is -2.26. The summed E-state index contributed by atoms with van der Waals surface area (Å²) in [5.74, 6) is 1.66. The number of amides is 1. The van der Waals surface area contributed by atoms with Crippen molar-refractivity contribution in [1.29, 1.82) is 0 Å². The zero-order valence-electron chi connectivity index (χ0n) is 16.3. The Bertz CT molecular complexity index is 954. The largest absolute Gasteiger partial charge is 0.497 e. The number of furan rings is 1. The van der Waals surface area contributed by atoms with E-state index in [0.717, 1.165) is 47.5 Å². The van der Waals surface area contributed by atoms with Gasteiger partial charge in [-0.25, -0.2) is 0 Å². The highest BCUT2D eigenvalue weighted by molar-refractivity contribution is 5.97. The molecule has 1 aromatic heterocycles. The smallest absolute Gasteiger partial charge is 0.254 e. The lowest BCUT2D eigenvalue weighted by Crippen LogP contribution is -2.37. The summed E-state index contributed by atoms with van der Waals surface area (Å²) in [6.07, 6.45) is 2.14. The fourth-order valence-electron chi connectivity index (χ4n) is 3.70. The number of carbonyl (C=O) groups excluding carboxylic acids is 1. The van der Waals surface area contributed by atoms with E-state index in [2.05, 4.69) is 0 Å². The van der Waals surface area contributed by atoms with Crippen LogP contribution in [-0.4, -0.2) is 37.2 Å². The van der Waals surface area contributed by atoms with E-state index in [9.17, 15) is 4.79 Å². The zero-order chi connectivity index (χ0) is 19.5. The van der Waals surface area contributed by atoms with Gasteiger partial charge in [0.1, 0.15) is 17.1 Å². The molecule has 1 amide bonds. The Morgan fingerprint density at radius 1 is 1.18 bits per heavy atom. The summed E-state index contributed by atoms with van der Waals surface area (Å²) in [7, 11) is 1.65. The molecular formula is C23H25NO4. The Morgan fingerprint density at radius 3 is 2.71 bits per heavy atom. The Kier molecular flexibility index (Phi) is 5.35. The highest BCUT2D eigenvalue weighted by Gasteiger charge is 2.24. The molecule has 1 saturated heterocycles. The average Bonchev–Trinajstić information content (AvgIpc) is 3.35. The third-order valence-corrected chi connectivity index (χ3v) is 5.15. The second-order valence-electron chi connectivity index (χ2n) is 7.28. The molecule has 1 atom stereocenters. The quantitative estimate of drug-likeness (QED) is 0.629. The van der Waals surface area contributed by atoms with Crippen LogP contribution < -0.4 is 4.74 Å². The first-order valence-corrected chi connectivity index (χ1v) is 9.66. The summed E-state index contributed by atoms with van der Waals surface area (Å²) in [4.78, 5) is 15.2. The Labute approximate surface area is 164 Å². The Balaban J connectivity index is 1.58. The van der Waals surface area contributed by atoms with Gasteiger partial charge in [-0.05, 0) is 61.7 Å². The van der Waals surface area contributed by atoms with E-state index in [0.29, 0.717) is 18.7 Å². The fourth-order valence-corrected chi connectivity index (χ4v) is 3.70.